The third-order valence-electron chi connectivity index (χ3n) is 7.20. The number of carbonyl (C=O) groups is 1. The van der Waals surface area contributed by atoms with E-state index >= 15 is 4.39 Å². The van der Waals surface area contributed by atoms with Crippen molar-refractivity contribution in [1.29, 1.82) is 0 Å². The maximum Gasteiger partial charge on any atom is 0.261 e. The smallest absolute Gasteiger partial charge is 0.261 e. The number of ether oxygens (including phenoxy) is 1. The number of morpholine rings is 1. The van der Waals surface area contributed by atoms with Gasteiger partial charge in [0.25, 0.3) is 5.91 Å². The van der Waals surface area contributed by atoms with Gasteiger partial charge in [-0.3, -0.25) is 9.69 Å². The molecule has 7 nitrogen and oxygen atoms in total. The van der Waals surface area contributed by atoms with E-state index in [4.69, 9.17) is 4.74 Å². The van der Waals surface area contributed by atoms with Crippen molar-refractivity contribution >= 4 is 34.0 Å². The maximum atomic E-state index is 15.1. The van der Waals surface area contributed by atoms with Gasteiger partial charge in [-0.15, -0.1) is 12.4 Å². The first-order valence-electron chi connectivity index (χ1n) is 13.0. The molecule has 2 aliphatic rings. The summed E-state index contributed by atoms with van der Waals surface area (Å²) in [6, 6.07) is 22.8. The fraction of sp³-hybridized carbons (Fsp3) is 0.345. The van der Waals surface area contributed by atoms with E-state index in [-0.39, 0.29) is 42.0 Å². The topological polar surface area (TPSA) is 70.2 Å². The van der Waals surface area contributed by atoms with Crippen molar-refractivity contribution in [1.82, 2.24) is 9.21 Å². The Morgan fingerprint density at radius 2 is 1.51 bits per heavy atom. The first-order chi connectivity index (χ1) is 18.4. The second-order valence-corrected chi connectivity index (χ2v) is 11.6. The number of anilines is 1. The molecule has 2 aliphatic heterocycles. The van der Waals surface area contributed by atoms with Gasteiger partial charge in [-0.1, -0.05) is 48.5 Å². The first kappa shape index (κ1) is 29.2. The number of benzene rings is 3. The number of piperidine rings is 1. The summed E-state index contributed by atoms with van der Waals surface area (Å²) < 4.78 is 48.1. The highest BCUT2D eigenvalue weighted by Gasteiger charge is 2.33. The molecule has 0 radical (unpaired) electrons. The van der Waals surface area contributed by atoms with E-state index in [9.17, 15) is 13.2 Å². The van der Waals surface area contributed by atoms with Crippen molar-refractivity contribution in [2.75, 3.05) is 44.3 Å². The molecule has 5 rings (SSSR count). The molecule has 0 N–H and O–H groups in total. The number of rotatable bonds is 7. The summed E-state index contributed by atoms with van der Waals surface area (Å²) in [4.78, 5) is 17.8. The number of carbonyl (C=O) groups excluding carboxylic acids is 1. The molecular formula is C29H33ClFN3O4S. The van der Waals surface area contributed by atoms with Crippen LogP contribution in [0, 0.1) is 5.82 Å². The normalized spacial score (nSPS) is 17.4. The molecule has 208 valence electrons. The van der Waals surface area contributed by atoms with Gasteiger partial charge in [0.15, 0.2) is 0 Å². The van der Waals surface area contributed by atoms with E-state index in [0.717, 1.165) is 38.5 Å². The summed E-state index contributed by atoms with van der Waals surface area (Å²) in [5.74, 6) is -1.27. The molecule has 10 heteroatoms. The van der Waals surface area contributed by atoms with Gasteiger partial charge in [-0.05, 0) is 48.7 Å². The van der Waals surface area contributed by atoms with Crippen LogP contribution in [-0.2, 0) is 21.3 Å². The predicted octanol–water partition coefficient (Wildman–Crippen LogP) is 4.58. The molecule has 0 saturated carbocycles. The Morgan fingerprint density at radius 1 is 0.897 bits per heavy atom. The molecule has 3 aromatic rings. The van der Waals surface area contributed by atoms with E-state index < -0.39 is 21.7 Å². The van der Waals surface area contributed by atoms with Crippen LogP contribution in [0.3, 0.4) is 0 Å². The van der Waals surface area contributed by atoms with Crippen LogP contribution < -0.4 is 4.90 Å². The van der Waals surface area contributed by atoms with Gasteiger partial charge in [0.05, 0.1) is 23.7 Å². The van der Waals surface area contributed by atoms with Gasteiger partial charge < -0.3 is 9.64 Å². The summed E-state index contributed by atoms with van der Waals surface area (Å²) in [5.41, 5.74) is 1.66. The monoisotopic (exact) mass is 573 g/mol. The van der Waals surface area contributed by atoms with Crippen LogP contribution in [0.1, 0.15) is 28.8 Å². The van der Waals surface area contributed by atoms with Gasteiger partial charge in [0.2, 0.25) is 10.0 Å². The standard InChI is InChI=1S/C29H32FN3O4S.ClH/c30-28-12-11-26(38(35,36)32-17-19-37-20-18-32)21-27(28)29(34)33(24-9-5-2-6-10-24)25-13-15-31(16-14-25)22-23-7-3-1-4-8-23;/h1-12,21,25H,13-20,22H2;1H. The van der Waals surface area contributed by atoms with Crippen molar-refractivity contribution in [3.8, 4) is 0 Å². The number of hydrogen-bond acceptors (Lipinski definition) is 5. The number of para-hydroxylation sites is 1. The number of halogens is 2. The Kier molecular flexibility index (Phi) is 9.74. The molecule has 39 heavy (non-hydrogen) atoms. The van der Waals surface area contributed by atoms with E-state index in [1.165, 1.54) is 22.0 Å². The van der Waals surface area contributed by atoms with Gasteiger partial charge in [0, 0.05) is 44.5 Å². The van der Waals surface area contributed by atoms with Crippen molar-refractivity contribution in [3.05, 3.63) is 95.8 Å². The third-order valence-corrected chi connectivity index (χ3v) is 9.10. The Morgan fingerprint density at radius 3 is 2.15 bits per heavy atom. The summed E-state index contributed by atoms with van der Waals surface area (Å²) >= 11 is 0. The zero-order chi connectivity index (χ0) is 26.5. The van der Waals surface area contributed by atoms with Crippen LogP contribution >= 0.6 is 12.4 Å². The maximum absolute atomic E-state index is 15.1. The van der Waals surface area contributed by atoms with Gasteiger partial charge >= 0.3 is 0 Å². The lowest BCUT2D eigenvalue weighted by molar-refractivity contribution is 0.0730. The second kappa shape index (κ2) is 13.0. The minimum atomic E-state index is -3.88. The number of hydrogen-bond donors (Lipinski definition) is 0. The van der Waals surface area contributed by atoms with Crippen LogP contribution in [0.5, 0.6) is 0 Å². The average Bonchev–Trinajstić information content (AvgIpc) is 2.96. The molecule has 1 amide bonds. The summed E-state index contributed by atoms with van der Waals surface area (Å²) in [6.07, 6.45) is 1.45. The summed E-state index contributed by atoms with van der Waals surface area (Å²) in [7, 11) is -3.88. The van der Waals surface area contributed by atoms with Crippen molar-refractivity contribution in [3.63, 3.8) is 0 Å². The van der Waals surface area contributed by atoms with E-state index in [1.54, 1.807) is 4.90 Å². The molecule has 0 bridgehead atoms. The zero-order valence-corrected chi connectivity index (χ0v) is 23.2. The first-order valence-corrected chi connectivity index (χ1v) is 14.4. The molecule has 0 aliphatic carbocycles. The van der Waals surface area contributed by atoms with E-state index in [0.29, 0.717) is 18.9 Å². The van der Waals surface area contributed by atoms with Gasteiger partial charge in [0.1, 0.15) is 5.82 Å². The van der Waals surface area contributed by atoms with Crippen molar-refractivity contribution in [2.45, 2.75) is 30.3 Å². The Labute approximate surface area is 235 Å². The second-order valence-electron chi connectivity index (χ2n) is 9.66. The number of nitrogens with zero attached hydrogens (tertiary/aromatic N) is 3. The van der Waals surface area contributed by atoms with Gasteiger partial charge in [-0.25, -0.2) is 12.8 Å². The van der Waals surface area contributed by atoms with Crippen LogP contribution in [-0.4, -0.2) is 69.0 Å². The Hall–Kier alpha value is -2.82. The lowest BCUT2D eigenvalue weighted by atomic mass is 10.00. The Bertz CT molecular complexity index is 1350. The largest absolute Gasteiger partial charge is 0.379 e. The molecule has 0 atom stereocenters. The SMILES string of the molecule is Cl.O=C(c1cc(S(=O)(=O)N2CCOCC2)ccc1F)N(c1ccccc1)C1CCN(Cc2ccccc2)CC1. The average molecular weight is 574 g/mol. The Balaban J connectivity index is 0.00000353. The highest BCUT2D eigenvalue weighted by molar-refractivity contribution is 7.89. The zero-order valence-electron chi connectivity index (χ0n) is 21.6. The minimum absolute atomic E-state index is 0. The molecule has 0 aromatic heterocycles. The highest BCUT2D eigenvalue weighted by Crippen LogP contribution is 2.29. The third kappa shape index (κ3) is 6.67. The predicted molar refractivity (Wildman–Crippen MR) is 151 cm³/mol. The number of amides is 1. The molecule has 2 saturated heterocycles. The molecule has 0 unspecified atom stereocenters. The van der Waals surface area contributed by atoms with Crippen LogP contribution in [0.15, 0.2) is 83.8 Å². The van der Waals surface area contributed by atoms with E-state index in [2.05, 4.69) is 17.0 Å². The van der Waals surface area contributed by atoms with Crippen molar-refractivity contribution in [2.24, 2.45) is 0 Å². The fourth-order valence-electron chi connectivity index (χ4n) is 5.15. The summed E-state index contributed by atoms with van der Waals surface area (Å²) in [5, 5.41) is 0. The van der Waals surface area contributed by atoms with Gasteiger partial charge in [-0.2, -0.15) is 4.31 Å². The quantitative estimate of drug-likeness (QED) is 0.414. The fourth-order valence-corrected chi connectivity index (χ4v) is 6.59. The van der Waals surface area contributed by atoms with Crippen LogP contribution in [0.4, 0.5) is 10.1 Å². The highest BCUT2D eigenvalue weighted by atomic mass is 35.5. The molecule has 3 aromatic carbocycles. The lowest BCUT2D eigenvalue weighted by Crippen LogP contribution is -2.47. The minimum Gasteiger partial charge on any atom is -0.379 e. The summed E-state index contributed by atoms with van der Waals surface area (Å²) in [6.45, 7) is 3.48. The molecular weight excluding hydrogens is 541 g/mol. The molecule has 2 heterocycles. The van der Waals surface area contributed by atoms with Crippen molar-refractivity contribution < 1.29 is 22.3 Å². The molecule has 2 fully saturated rings. The van der Waals surface area contributed by atoms with E-state index in [1.807, 2.05) is 48.5 Å². The van der Waals surface area contributed by atoms with Crippen LogP contribution in [0.25, 0.3) is 0 Å². The number of likely N-dealkylation sites (tertiary alicyclic amines) is 1. The lowest BCUT2D eigenvalue weighted by Gasteiger charge is -2.38. The number of sulfonamides is 1. The van der Waals surface area contributed by atoms with Crippen LogP contribution in [0.2, 0.25) is 0 Å². The molecule has 0 spiro atoms.